The average molecular weight is 745 g/mol. The first-order valence-corrected chi connectivity index (χ1v) is 21.1. The molecule has 5 rings (SSSR count). The van der Waals surface area contributed by atoms with Gasteiger partial charge in [0.15, 0.2) is 5.84 Å². The van der Waals surface area contributed by atoms with E-state index in [2.05, 4.69) is 22.7 Å². The van der Waals surface area contributed by atoms with Gasteiger partial charge in [0.05, 0.1) is 11.4 Å². The molecule has 0 unspecified atom stereocenters. The van der Waals surface area contributed by atoms with Gasteiger partial charge in [-0.15, -0.1) is 16.4 Å². The number of amidine groups is 1. The van der Waals surface area contributed by atoms with Crippen LogP contribution in [0.25, 0.3) is 10.6 Å². The van der Waals surface area contributed by atoms with Gasteiger partial charge in [-0.1, -0.05) is 145 Å². The number of unbranched alkanes of at least 4 members (excludes halogenated alkanes) is 15. The number of hydrazone groups is 1. The molecule has 3 aromatic rings. The second kappa shape index (κ2) is 20.4. The van der Waals surface area contributed by atoms with Crippen LogP contribution in [0.2, 0.25) is 0 Å². The first-order valence-electron chi connectivity index (χ1n) is 19.5. The number of amides is 3. The van der Waals surface area contributed by atoms with Crippen molar-refractivity contribution in [2.24, 2.45) is 5.10 Å². The van der Waals surface area contributed by atoms with Crippen molar-refractivity contribution in [2.75, 3.05) is 23.5 Å². The van der Waals surface area contributed by atoms with Crippen LogP contribution in [0.4, 0.5) is 16.2 Å². The molecule has 3 heterocycles. The number of aromatic nitrogens is 1. The molecule has 0 atom stereocenters. The van der Waals surface area contributed by atoms with Crippen LogP contribution in [0.15, 0.2) is 69.4 Å². The van der Waals surface area contributed by atoms with Gasteiger partial charge in [0.2, 0.25) is 0 Å². The number of anilines is 2. The van der Waals surface area contributed by atoms with E-state index < -0.39 is 11.9 Å². The van der Waals surface area contributed by atoms with Crippen LogP contribution < -0.4 is 35.3 Å². The lowest BCUT2D eigenvalue weighted by molar-refractivity contribution is -0.112. The van der Waals surface area contributed by atoms with E-state index in [-0.39, 0.29) is 17.0 Å². The average Bonchev–Trinajstić information content (AvgIpc) is 3.78. The quantitative estimate of drug-likeness (QED) is 0.120. The number of carbonyl (C=O) groups is 2. The third-order valence-corrected chi connectivity index (χ3v) is 12.3. The van der Waals surface area contributed by atoms with E-state index in [0.29, 0.717) is 28.0 Å². The number of thioether (sulfide) groups is 1. The number of fused-ring (bicyclic) bond motifs is 1. The van der Waals surface area contributed by atoms with E-state index >= 15 is 0 Å². The number of urea groups is 1. The van der Waals surface area contributed by atoms with E-state index in [1.54, 1.807) is 28.5 Å². The summed E-state index contributed by atoms with van der Waals surface area (Å²) in [5.41, 5.74) is 1.65. The van der Waals surface area contributed by atoms with Crippen molar-refractivity contribution >= 4 is 62.8 Å². The molecule has 3 amide bonds. The molecule has 2 N–H and O–H groups in total. The van der Waals surface area contributed by atoms with Gasteiger partial charge in [0.25, 0.3) is 11.5 Å². The fraction of sp³-hybridized carbons (Fsp3) is 0.512. The Morgan fingerprint density at radius 1 is 0.750 bits per heavy atom. The topological polar surface area (TPSA) is 99.0 Å². The zero-order valence-electron chi connectivity index (χ0n) is 31.3. The highest BCUT2D eigenvalue weighted by Crippen LogP contribution is 2.45. The maximum absolute atomic E-state index is 14.0. The molecular weight excluding hydrogens is 689 g/mol. The van der Waals surface area contributed by atoms with E-state index in [1.807, 2.05) is 61.3 Å². The van der Waals surface area contributed by atoms with Crippen LogP contribution >= 0.6 is 23.1 Å². The number of benzene rings is 2. The highest BCUT2D eigenvalue weighted by atomic mass is 32.2. The zero-order chi connectivity index (χ0) is 36.7. The van der Waals surface area contributed by atoms with Crippen LogP contribution in [0.3, 0.4) is 0 Å². The Bertz CT molecular complexity index is 1850. The third-order valence-electron chi connectivity index (χ3n) is 9.74. The predicted molar refractivity (Wildman–Crippen MR) is 218 cm³/mol. The summed E-state index contributed by atoms with van der Waals surface area (Å²) >= 11 is 2.81. The van der Waals surface area contributed by atoms with Gasteiger partial charge in [-0.2, -0.15) is 5.01 Å². The Kier molecular flexibility index (Phi) is 15.5. The van der Waals surface area contributed by atoms with Crippen molar-refractivity contribution < 1.29 is 9.59 Å². The summed E-state index contributed by atoms with van der Waals surface area (Å²) in [5, 5.41) is 12.5. The molecule has 280 valence electrons. The van der Waals surface area contributed by atoms with Crippen molar-refractivity contribution in [2.45, 2.75) is 128 Å². The van der Waals surface area contributed by atoms with Gasteiger partial charge in [-0.3, -0.25) is 19.5 Å². The fourth-order valence-electron chi connectivity index (χ4n) is 6.77. The molecule has 0 radical (unpaired) electrons. The lowest BCUT2D eigenvalue weighted by Crippen LogP contribution is -2.42. The first-order chi connectivity index (χ1) is 25.4. The molecule has 11 heteroatoms. The highest BCUT2D eigenvalue weighted by Gasteiger charge is 2.35. The van der Waals surface area contributed by atoms with Crippen molar-refractivity contribution in [3.05, 3.63) is 74.1 Å². The lowest BCUT2D eigenvalue weighted by atomic mass is 10.0. The molecule has 0 bridgehead atoms. The predicted octanol–water partition coefficient (Wildman–Crippen LogP) is 8.31. The number of nitrogens with one attached hydrogen (secondary N) is 2. The van der Waals surface area contributed by atoms with Crippen LogP contribution in [-0.2, 0) is 11.3 Å². The maximum atomic E-state index is 14.0. The second-order valence-corrected chi connectivity index (χ2v) is 15.7. The summed E-state index contributed by atoms with van der Waals surface area (Å²) in [5.74, 6) is -0.260. The van der Waals surface area contributed by atoms with E-state index in [0.717, 1.165) is 28.5 Å². The van der Waals surface area contributed by atoms with Crippen LogP contribution in [0, 0.1) is 0 Å². The van der Waals surface area contributed by atoms with Gasteiger partial charge in [0.1, 0.15) is 19.8 Å². The summed E-state index contributed by atoms with van der Waals surface area (Å²) in [7, 11) is 1.95. The van der Waals surface area contributed by atoms with Crippen LogP contribution in [-0.4, -0.2) is 35.9 Å². The number of hydrogen-bond acceptors (Lipinski definition) is 7. The molecule has 0 saturated carbocycles. The minimum Gasteiger partial charge on any atom is -0.338 e. The van der Waals surface area contributed by atoms with Crippen LogP contribution in [0.5, 0.6) is 0 Å². The number of rotatable bonds is 19. The van der Waals surface area contributed by atoms with Crippen molar-refractivity contribution in [1.29, 1.82) is 0 Å². The number of carbonyl (C=O) groups excluding carboxylic acids is 2. The summed E-state index contributed by atoms with van der Waals surface area (Å²) in [6.45, 7) is 5.05. The number of nitrogens with zero attached hydrogens (tertiary/aromatic N) is 4. The Balaban J connectivity index is 1.16. The van der Waals surface area contributed by atoms with E-state index in [1.165, 1.54) is 106 Å². The smallest absolute Gasteiger partial charge is 0.320 e. The summed E-state index contributed by atoms with van der Waals surface area (Å²) in [6, 6.07) is 16.7. The maximum Gasteiger partial charge on any atom is 0.320 e. The molecule has 2 aromatic carbocycles. The summed E-state index contributed by atoms with van der Waals surface area (Å²) in [6.07, 6.45) is 20.7. The molecule has 0 fully saturated rings. The Hall–Kier alpha value is -3.83. The normalized spacial score (nSPS) is 16.1. The number of para-hydroxylation sites is 2. The van der Waals surface area contributed by atoms with Gasteiger partial charge in [0, 0.05) is 25.0 Å². The second-order valence-electron chi connectivity index (χ2n) is 13.7. The Morgan fingerprint density at radius 3 is 1.92 bits per heavy atom. The highest BCUT2D eigenvalue weighted by molar-refractivity contribution is 8.08. The summed E-state index contributed by atoms with van der Waals surface area (Å²) in [4.78, 5) is 44.2. The fourth-order valence-corrected chi connectivity index (χ4v) is 9.33. The largest absolute Gasteiger partial charge is 0.338 e. The van der Waals surface area contributed by atoms with Crippen molar-refractivity contribution in [1.82, 2.24) is 15.2 Å². The first kappa shape index (κ1) is 39.4. The van der Waals surface area contributed by atoms with E-state index in [9.17, 15) is 14.4 Å². The van der Waals surface area contributed by atoms with Crippen molar-refractivity contribution in [3.63, 3.8) is 0 Å². The van der Waals surface area contributed by atoms with E-state index in [4.69, 9.17) is 0 Å². The lowest BCUT2D eigenvalue weighted by Gasteiger charge is -2.11. The number of thiazole rings is 1. The molecule has 0 saturated heterocycles. The van der Waals surface area contributed by atoms with Crippen LogP contribution in [0.1, 0.15) is 117 Å². The SMILES string of the molecule is CCCCCCCCCCCCCCCCCCNC(=O)NC1=NN(c2ccccc2)C(=O)C1=c1sc(=C2Sc3ccccc3N2C)c(=O)n1CC. The standard InChI is InChI=1S/C41H56N6O3S2/c1-4-6-7-8-9-10-11-12-13-14-15-16-17-18-19-25-30-42-41(50)43-36-34(37(48)47(44-36)31-26-21-20-22-27-31)39-46(5-2)38(49)35(52-39)40-45(3)32-28-23-24-29-33(32)51-40/h20-24,26-29H,4-19,25,30H2,1-3H3,(H2,42,43,44,50). The molecule has 2 aliphatic rings. The monoisotopic (exact) mass is 744 g/mol. The minimum absolute atomic E-state index is 0.133. The molecule has 2 aliphatic heterocycles. The minimum atomic E-state index is -0.419. The summed E-state index contributed by atoms with van der Waals surface area (Å²) < 4.78 is 2.63. The van der Waals surface area contributed by atoms with Gasteiger partial charge >= 0.3 is 6.03 Å². The molecule has 52 heavy (non-hydrogen) atoms. The third kappa shape index (κ3) is 10.2. The molecule has 9 nitrogen and oxygen atoms in total. The van der Waals surface area contributed by atoms with Gasteiger partial charge in [-0.25, -0.2) is 4.79 Å². The molecule has 0 spiro atoms. The molecule has 0 aliphatic carbocycles. The van der Waals surface area contributed by atoms with Gasteiger partial charge < -0.3 is 10.2 Å². The zero-order valence-corrected chi connectivity index (χ0v) is 32.9. The Morgan fingerprint density at radius 2 is 1.33 bits per heavy atom. The molecule has 1 aromatic heterocycles. The number of hydrogen-bond donors (Lipinski definition) is 2. The van der Waals surface area contributed by atoms with Crippen molar-refractivity contribution in [3.8, 4) is 0 Å². The molecular formula is C41H56N6O3S2. The van der Waals surface area contributed by atoms with Gasteiger partial charge in [-0.05, 0) is 37.6 Å². The Labute approximate surface area is 317 Å².